The first-order valence-corrected chi connectivity index (χ1v) is 9.87. The molecule has 27 heavy (non-hydrogen) atoms. The second-order valence-electron chi connectivity index (χ2n) is 7.42. The van der Waals surface area contributed by atoms with Crippen molar-refractivity contribution in [3.63, 3.8) is 0 Å². The van der Waals surface area contributed by atoms with Crippen molar-refractivity contribution in [3.05, 3.63) is 42.4 Å². The van der Waals surface area contributed by atoms with Gasteiger partial charge in [-0.15, -0.1) is 0 Å². The van der Waals surface area contributed by atoms with E-state index in [4.69, 9.17) is 9.15 Å². The summed E-state index contributed by atoms with van der Waals surface area (Å²) in [4.78, 5) is 21.8. The van der Waals surface area contributed by atoms with Gasteiger partial charge in [0.05, 0.1) is 19.1 Å². The van der Waals surface area contributed by atoms with Crippen LogP contribution >= 0.6 is 0 Å². The van der Waals surface area contributed by atoms with Crippen molar-refractivity contribution in [1.29, 1.82) is 0 Å². The highest BCUT2D eigenvalue weighted by molar-refractivity contribution is 5.81. The molecule has 0 saturated carbocycles. The first kappa shape index (κ1) is 18.3. The zero-order chi connectivity index (χ0) is 18.9. The van der Waals surface area contributed by atoms with E-state index >= 15 is 0 Å². The summed E-state index contributed by atoms with van der Waals surface area (Å²) in [6.07, 6.45) is 8.54. The van der Waals surface area contributed by atoms with E-state index in [1.165, 1.54) is 5.56 Å². The van der Waals surface area contributed by atoms with Gasteiger partial charge in [-0.1, -0.05) is 0 Å². The van der Waals surface area contributed by atoms with Crippen molar-refractivity contribution < 1.29 is 13.9 Å². The molecule has 0 aliphatic carbocycles. The van der Waals surface area contributed by atoms with Gasteiger partial charge < -0.3 is 18.6 Å². The molecule has 2 aromatic heterocycles. The number of piperidine rings is 1. The van der Waals surface area contributed by atoms with Crippen LogP contribution in [0.15, 0.2) is 35.4 Å². The third-order valence-electron chi connectivity index (χ3n) is 5.85. The molecular weight excluding hydrogens is 344 g/mol. The first-order valence-electron chi connectivity index (χ1n) is 9.87. The third kappa shape index (κ3) is 3.41. The molecule has 0 N–H and O–H groups in total. The molecule has 1 spiro atoms. The van der Waals surface area contributed by atoms with Crippen LogP contribution in [-0.2, 0) is 28.2 Å². The molecule has 0 bridgehead atoms. The summed E-state index contributed by atoms with van der Waals surface area (Å²) in [6, 6.07) is 2.01. The van der Waals surface area contributed by atoms with Crippen LogP contribution in [0.1, 0.15) is 38.1 Å². The molecule has 0 unspecified atom stereocenters. The van der Waals surface area contributed by atoms with E-state index in [1.54, 1.807) is 12.5 Å². The zero-order valence-corrected chi connectivity index (χ0v) is 16.1. The van der Waals surface area contributed by atoms with Gasteiger partial charge in [0.25, 0.3) is 5.91 Å². The van der Waals surface area contributed by atoms with Crippen LogP contribution in [0, 0.1) is 0 Å². The number of aromatic nitrogens is 2. The highest BCUT2D eigenvalue weighted by atomic mass is 16.5. The number of furan rings is 1. The van der Waals surface area contributed by atoms with E-state index in [1.807, 2.05) is 37.2 Å². The van der Waals surface area contributed by atoms with Crippen LogP contribution in [0.4, 0.5) is 0 Å². The van der Waals surface area contributed by atoms with Crippen LogP contribution in [0.2, 0.25) is 0 Å². The van der Waals surface area contributed by atoms with E-state index in [0.29, 0.717) is 19.6 Å². The van der Waals surface area contributed by atoms with Gasteiger partial charge in [-0.05, 0) is 32.8 Å². The average molecular weight is 372 g/mol. The largest absolute Gasteiger partial charge is 0.472 e. The van der Waals surface area contributed by atoms with Gasteiger partial charge in [-0.2, -0.15) is 0 Å². The van der Waals surface area contributed by atoms with Crippen molar-refractivity contribution in [2.24, 2.45) is 0 Å². The fraction of sp³-hybridized carbons (Fsp3) is 0.600. The Morgan fingerprint density at radius 3 is 2.78 bits per heavy atom. The molecule has 4 heterocycles. The maximum absolute atomic E-state index is 12.9. The molecule has 0 aromatic carbocycles. The molecule has 7 heteroatoms. The highest BCUT2D eigenvalue weighted by Crippen LogP contribution is 2.40. The second kappa shape index (κ2) is 7.48. The molecule has 1 amide bonds. The van der Waals surface area contributed by atoms with Gasteiger partial charge >= 0.3 is 0 Å². The molecule has 146 valence electrons. The highest BCUT2D eigenvalue weighted by Gasteiger charge is 2.47. The predicted molar refractivity (Wildman–Crippen MR) is 99.9 cm³/mol. The number of imidazole rings is 1. The summed E-state index contributed by atoms with van der Waals surface area (Å²) in [6.45, 7) is 8.67. The summed E-state index contributed by atoms with van der Waals surface area (Å²) >= 11 is 0. The normalized spacial score (nSPS) is 21.9. The van der Waals surface area contributed by atoms with Crippen molar-refractivity contribution in [2.75, 3.05) is 26.2 Å². The lowest BCUT2D eigenvalue weighted by atomic mass is 9.88. The Bertz CT molecular complexity index is 758. The predicted octanol–water partition coefficient (Wildman–Crippen LogP) is 2.23. The Morgan fingerprint density at radius 1 is 1.33 bits per heavy atom. The quantitative estimate of drug-likeness (QED) is 0.805. The number of carbonyl (C=O) groups excluding carboxylic acids is 1. The summed E-state index contributed by atoms with van der Waals surface area (Å²) in [5.74, 6) is 1.05. The molecule has 2 aliphatic rings. The third-order valence-corrected chi connectivity index (χ3v) is 5.85. The van der Waals surface area contributed by atoms with Crippen molar-refractivity contribution in [1.82, 2.24) is 19.4 Å². The maximum atomic E-state index is 12.9. The molecule has 1 saturated heterocycles. The Kier molecular flexibility index (Phi) is 5.06. The number of hydrogen-bond acceptors (Lipinski definition) is 5. The summed E-state index contributed by atoms with van der Waals surface area (Å²) in [5, 5.41) is 0. The lowest BCUT2D eigenvalue weighted by Crippen LogP contribution is -2.54. The molecule has 0 radical (unpaired) electrons. The Hall–Kier alpha value is -2.12. The minimum Gasteiger partial charge on any atom is -0.472 e. The van der Waals surface area contributed by atoms with Gasteiger partial charge in [-0.25, -0.2) is 4.98 Å². The molecule has 1 atom stereocenters. The number of hydrogen-bond donors (Lipinski definition) is 0. The molecule has 7 nitrogen and oxygen atoms in total. The monoisotopic (exact) mass is 372 g/mol. The van der Waals surface area contributed by atoms with Gasteiger partial charge in [0.2, 0.25) is 0 Å². The molecule has 2 aromatic rings. The number of likely N-dealkylation sites (tertiary alicyclic amines) is 1. The number of fused-ring (bicyclic) bond motifs is 2. The van der Waals surface area contributed by atoms with Crippen LogP contribution in [0.25, 0.3) is 0 Å². The maximum Gasteiger partial charge on any atom is 0.253 e. The lowest BCUT2D eigenvalue weighted by molar-refractivity contribution is -0.181. The first-order chi connectivity index (χ1) is 13.1. The summed E-state index contributed by atoms with van der Waals surface area (Å²) in [7, 11) is 0. The van der Waals surface area contributed by atoms with Gasteiger partial charge in [0.1, 0.15) is 11.4 Å². The van der Waals surface area contributed by atoms with E-state index in [0.717, 1.165) is 38.3 Å². The number of carbonyl (C=O) groups is 1. The second-order valence-corrected chi connectivity index (χ2v) is 7.42. The lowest BCUT2D eigenvalue weighted by Gasteiger charge is -2.46. The summed E-state index contributed by atoms with van der Waals surface area (Å²) < 4.78 is 13.8. The van der Waals surface area contributed by atoms with Crippen LogP contribution in [0.5, 0.6) is 0 Å². The molecule has 2 aliphatic heterocycles. The Labute approximate surface area is 159 Å². The minimum absolute atomic E-state index is 0.0829. The fourth-order valence-corrected chi connectivity index (χ4v) is 4.32. The van der Waals surface area contributed by atoms with E-state index in [9.17, 15) is 4.79 Å². The fourth-order valence-electron chi connectivity index (χ4n) is 4.32. The number of nitrogens with zero attached hydrogens (tertiary/aromatic N) is 4. The zero-order valence-electron chi connectivity index (χ0n) is 16.1. The number of amides is 1. The summed E-state index contributed by atoms with van der Waals surface area (Å²) in [5.41, 5.74) is 0.717. The van der Waals surface area contributed by atoms with E-state index in [2.05, 4.69) is 14.5 Å². The van der Waals surface area contributed by atoms with Crippen molar-refractivity contribution in [2.45, 2.75) is 51.5 Å². The van der Waals surface area contributed by atoms with Gasteiger partial charge in [-0.3, -0.25) is 9.69 Å². The smallest absolute Gasteiger partial charge is 0.253 e. The van der Waals surface area contributed by atoms with E-state index in [-0.39, 0.29) is 5.91 Å². The number of rotatable bonds is 5. The van der Waals surface area contributed by atoms with Gasteiger partial charge in [0.15, 0.2) is 6.10 Å². The number of ether oxygens (including phenoxy) is 1. The SMILES string of the molecule is CCN(CC)C(=O)[C@@H]1Cn2ccnc2C2(CCN(Cc3ccoc3)CC2)O1. The van der Waals surface area contributed by atoms with Crippen molar-refractivity contribution in [3.8, 4) is 0 Å². The molecule has 4 rings (SSSR count). The standard InChI is InChI=1S/C20H28N4O3/c1-3-23(4-2)18(25)17-14-24-11-8-21-19(24)20(27-17)6-9-22(10-7-20)13-16-5-12-26-15-16/h5,8,11-12,15,17H,3-4,6-7,9-10,13-14H2,1-2H3/t17-/m0/s1. The van der Waals surface area contributed by atoms with Crippen molar-refractivity contribution >= 4 is 5.91 Å². The van der Waals surface area contributed by atoms with Gasteiger partial charge in [0, 0.05) is 50.7 Å². The Morgan fingerprint density at radius 2 is 2.11 bits per heavy atom. The van der Waals surface area contributed by atoms with Crippen LogP contribution in [0.3, 0.4) is 0 Å². The van der Waals surface area contributed by atoms with Crippen LogP contribution in [-0.4, -0.2) is 57.5 Å². The molecule has 1 fully saturated rings. The minimum atomic E-state index is -0.470. The van der Waals surface area contributed by atoms with Crippen LogP contribution < -0.4 is 0 Å². The van der Waals surface area contributed by atoms with E-state index < -0.39 is 11.7 Å². The Balaban J connectivity index is 1.51. The molecular formula is C20H28N4O3. The topological polar surface area (TPSA) is 63.7 Å². The number of likely N-dealkylation sites (N-methyl/N-ethyl adjacent to an activating group) is 1. The average Bonchev–Trinajstić information content (AvgIpc) is 3.36.